The third kappa shape index (κ3) is 5.40. The number of benzene rings is 2. The molecule has 4 rings (SSSR count). The van der Waals surface area contributed by atoms with Crippen molar-refractivity contribution in [2.75, 3.05) is 13.2 Å². The molecule has 1 aliphatic carbocycles. The van der Waals surface area contributed by atoms with E-state index >= 15 is 0 Å². The van der Waals surface area contributed by atoms with Gasteiger partial charge in [0.15, 0.2) is 0 Å². The van der Waals surface area contributed by atoms with Crippen molar-refractivity contribution in [2.45, 2.75) is 44.7 Å². The minimum absolute atomic E-state index is 0.106. The molecule has 2 aromatic carbocycles. The number of aromatic nitrogens is 2. The van der Waals surface area contributed by atoms with Gasteiger partial charge in [-0.3, -0.25) is 4.79 Å². The fraction of sp³-hybridized carbons (Fsp3) is 0.333. The van der Waals surface area contributed by atoms with Gasteiger partial charge >= 0.3 is 12.1 Å². The second kappa shape index (κ2) is 10.6. The average Bonchev–Trinajstić information content (AvgIpc) is 3.48. The van der Waals surface area contributed by atoms with E-state index in [2.05, 4.69) is 32.7 Å². The number of carbonyl (C=O) groups is 3. The van der Waals surface area contributed by atoms with Gasteiger partial charge in [-0.05, 0) is 43.0 Å². The third-order valence-corrected chi connectivity index (χ3v) is 6.15. The van der Waals surface area contributed by atoms with E-state index < -0.39 is 29.6 Å². The molecule has 9 nitrogen and oxygen atoms in total. The molecule has 0 saturated carbocycles. The minimum atomic E-state index is -1.28. The summed E-state index contributed by atoms with van der Waals surface area (Å²) in [6.07, 6.45) is 2.45. The molecule has 2 amide bonds. The van der Waals surface area contributed by atoms with Crippen LogP contribution in [0.1, 0.15) is 43.5 Å². The Kier molecular flexibility index (Phi) is 7.38. The van der Waals surface area contributed by atoms with Gasteiger partial charge in [-0.2, -0.15) is 0 Å². The van der Waals surface area contributed by atoms with Gasteiger partial charge in [-0.15, -0.1) is 0 Å². The molecule has 1 aliphatic rings. The maximum Gasteiger partial charge on any atom is 0.407 e. The molecule has 0 bridgehead atoms. The Morgan fingerprint density at radius 2 is 1.67 bits per heavy atom. The molecular formula is C27H30N4O5. The zero-order valence-electron chi connectivity index (χ0n) is 20.5. The summed E-state index contributed by atoms with van der Waals surface area (Å²) in [5, 5.41) is 5.31. The van der Waals surface area contributed by atoms with Crippen molar-refractivity contribution in [1.82, 2.24) is 20.6 Å². The molecule has 188 valence electrons. The molecule has 3 aromatic rings. The molecule has 0 unspecified atom stereocenters. The zero-order valence-corrected chi connectivity index (χ0v) is 20.5. The summed E-state index contributed by atoms with van der Waals surface area (Å²) in [5.41, 5.74) is 3.80. The van der Waals surface area contributed by atoms with E-state index in [0.717, 1.165) is 22.3 Å². The van der Waals surface area contributed by atoms with Crippen molar-refractivity contribution in [1.29, 1.82) is 0 Å². The van der Waals surface area contributed by atoms with Gasteiger partial charge in [0.05, 0.1) is 12.9 Å². The molecule has 9 heteroatoms. The monoisotopic (exact) mass is 490 g/mol. The first-order valence-corrected chi connectivity index (χ1v) is 11.9. The predicted molar refractivity (Wildman–Crippen MR) is 133 cm³/mol. The normalized spacial score (nSPS) is 13.3. The Labute approximate surface area is 209 Å². The summed E-state index contributed by atoms with van der Waals surface area (Å²) in [7, 11) is 0. The van der Waals surface area contributed by atoms with E-state index in [-0.39, 0.29) is 25.6 Å². The van der Waals surface area contributed by atoms with Gasteiger partial charge in [0.1, 0.15) is 18.2 Å². The Bertz CT molecular complexity index is 1190. The van der Waals surface area contributed by atoms with Crippen LogP contribution in [0, 0.1) is 0 Å². The zero-order chi connectivity index (χ0) is 25.7. The molecule has 0 saturated heterocycles. The van der Waals surface area contributed by atoms with E-state index in [4.69, 9.17) is 9.47 Å². The predicted octanol–water partition coefficient (Wildman–Crippen LogP) is 3.32. The second-order valence-electron chi connectivity index (χ2n) is 9.14. The summed E-state index contributed by atoms with van der Waals surface area (Å²) >= 11 is 0. The fourth-order valence-corrected chi connectivity index (χ4v) is 4.37. The maximum atomic E-state index is 13.1. The number of hydrogen-bond donors (Lipinski definition) is 3. The molecule has 0 radical (unpaired) electrons. The standard InChI is InChI=1S/C27H30N4O5/c1-4-35-25(33)27(2,3)31-24(32)23(13-17-14-28-16-29-17)30-26(34)36-15-22-20-11-7-5-9-18(20)19-10-6-8-12-21(19)22/h5-12,14,16,22-23H,4,13,15H2,1-3H3,(H,28,29)(H,30,34)(H,31,32)/t23-/m0/s1. The number of carbonyl (C=O) groups excluding carboxylic acids is 3. The van der Waals surface area contributed by atoms with Gasteiger partial charge in [0.25, 0.3) is 0 Å². The van der Waals surface area contributed by atoms with Crippen molar-refractivity contribution in [3.05, 3.63) is 77.9 Å². The minimum Gasteiger partial charge on any atom is -0.464 e. The highest BCUT2D eigenvalue weighted by Gasteiger charge is 2.35. The highest BCUT2D eigenvalue weighted by molar-refractivity contribution is 5.91. The second-order valence-corrected chi connectivity index (χ2v) is 9.14. The highest BCUT2D eigenvalue weighted by Crippen LogP contribution is 2.44. The van der Waals surface area contributed by atoms with Crippen molar-refractivity contribution in [2.24, 2.45) is 0 Å². The number of rotatable bonds is 9. The lowest BCUT2D eigenvalue weighted by atomic mass is 9.98. The largest absolute Gasteiger partial charge is 0.464 e. The topological polar surface area (TPSA) is 122 Å². The van der Waals surface area contributed by atoms with Crippen LogP contribution in [0.4, 0.5) is 4.79 Å². The van der Waals surface area contributed by atoms with Crippen molar-refractivity contribution in [3.8, 4) is 11.1 Å². The molecule has 36 heavy (non-hydrogen) atoms. The Balaban J connectivity index is 1.45. The quantitative estimate of drug-likeness (QED) is 0.396. The van der Waals surface area contributed by atoms with Crippen LogP contribution in [0.5, 0.6) is 0 Å². The Morgan fingerprint density at radius 3 is 2.25 bits per heavy atom. The highest BCUT2D eigenvalue weighted by atomic mass is 16.5. The van der Waals surface area contributed by atoms with Crippen LogP contribution < -0.4 is 10.6 Å². The van der Waals surface area contributed by atoms with E-state index in [1.54, 1.807) is 27.0 Å². The van der Waals surface area contributed by atoms with Crippen LogP contribution in [0.3, 0.4) is 0 Å². The van der Waals surface area contributed by atoms with Gasteiger partial charge in [-0.1, -0.05) is 48.5 Å². The first-order chi connectivity index (χ1) is 17.3. The molecule has 0 spiro atoms. The number of amides is 2. The van der Waals surface area contributed by atoms with Crippen LogP contribution >= 0.6 is 0 Å². The van der Waals surface area contributed by atoms with E-state index in [1.165, 1.54) is 6.33 Å². The molecule has 1 atom stereocenters. The summed E-state index contributed by atoms with van der Waals surface area (Å²) in [6, 6.07) is 15.1. The van der Waals surface area contributed by atoms with Crippen molar-refractivity contribution in [3.63, 3.8) is 0 Å². The van der Waals surface area contributed by atoms with Gasteiger partial charge in [0, 0.05) is 24.2 Å². The van der Waals surface area contributed by atoms with Crippen molar-refractivity contribution >= 4 is 18.0 Å². The van der Waals surface area contributed by atoms with Crippen LogP contribution in [-0.4, -0.2) is 52.7 Å². The van der Waals surface area contributed by atoms with Gasteiger partial charge < -0.3 is 25.1 Å². The van der Waals surface area contributed by atoms with Crippen LogP contribution in [-0.2, 0) is 25.5 Å². The first-order valence-electron chi connectivity index (χ1n) is 11.9. The van der Waals surface area contributed by atoms with Gasteiger partial charge in [-0.25, -0.2) is 14.6 Å². The SMILES string of the molecule is CCOC(=O)C(C)(C)NC(=O)[C@H](Cc1cnc[nH]1)NC(=O)OCC1c2ccccc2-c2ccccc21. The molecule has 1 aromatic heterocycles. The fourth-order valence-electron chi connectivity index (χ4n) is 4.37. The first kappa shape index (κ1) is 25.0. The number of ether oxygens (including phenoxy) is 2. The molecule has 0 aliphatic heterocycles. The number of nitrogens with one attached hydrogen (secondary N) is 3. The number of H-pyrrole nitrogens is 1. The summed E-state index contributed by atoms with van der Waals surface area (Å²) in [6.45, 7) is 5.09. The van der Waals surface area contributed by atoms with E-state index in [0.29, 0.717) is 5.69 Å². The molecular weight excluding hydrogens is 460 g/mol. The summed E-state index contributed by atoms with van der Waals surface area (Å²) in [5.74, 6) is -1.22. The lowest BCUT2D eigenvalue weighted by Gasteiger charge is -2.27. The van der Waals surface area contributed by atoms with E-state index in [1.807, 2.05) is 36.4 Å². The number of imidazole rings is 1. The van der Waals surface area contributed by atoms with E-state index in [9.17, 15) is 14.4 Å². The summed E-state index contributed by atoms with van der Waals surface area (Å²) < 4.78 is 10.7. The number of aromatic amines is 1. The van der Waals surface area contributed by atoms with Gasteiger partial charge in [0.2, 0.25) is 5.91 Å². The smallest absolute Gasteiger partial charge is 0.407 e. The number of fused-ring (bicyclic) bond motifs is 3. The summed E-state index contributed by atoms with van der Waals surface area (Å²) in [4.78, 5) is 45.1. The number of alkyl carbamates (subject to hydrolysis) is 1. The number of esters is 1. The van der Waals surface area contributed by atoms with Crippen LogP contribution in [0.2, 0.25) is 0 Å². The number of hydrogen-bond acceptors (Lipinski definition) is 6. The Hall–Kier alpha value is -4.14. The molecule has 0 fully saturated rings. The number of nitrogens with zero attached hydrogens (tertiary/aromatic N) is 1. The average molecular weight is 491 g/mol. The maximum absolute atomic E-state index is 13.1. The van der Waals surface area contributed by atoms with Crippen molar-refractivity contribution < 1.29 is 23.9 Å². The Morgan fingerprint density at radius 1 is 1.03 bits per heavy atom. The van der Waals surface area contributed by atoms with Crippen LogP contribution in [0.25, 0.3) is 11.1 Å². The lowest BCUT2D eigenvalue weighted by Crippen LogP contribution is -2.57. The lowest BCUT2D eigenvalue weighted by molar-refractivity contribution is -0.152. The third-order valence-electron chi connectivity index (χ3n) is 6.15. The molecule has 1 heterocycles. The van der Waals surface area contributed by atoms with Crippen LogP contribution in [0.15, 0.2) is 61.1 Å². The molecule has 3 N–H and O–H groups in total.